The van der Waals surface area contributed by atoms with Crippen LogP contribution in [0.25, 0.3) is 0 Å². The Kier molecular flexibility index (Phi) is 4.85. The van der Waals surface area contributed by atoms with Crippen LogP contribution in [0.2, 0.25) is 0 Å². The number of aliphatic carboxylic acids is 1. The molecule has 0 saturated carbocycles. The molecule has 1 aromatic rings. The van der Waals surface area contributed by atoms with E-state index in [1.54, 1.807) is 31.4 Å². The summed E-state index contributed by atoms with van der Waals surface area (Å²) in [4.78, 5) is 23.9. The second-order valence-corrected chi connectivity index (χ2v) is 5.74. The zero-order valence-electron chi connectivity index (χ0n) is 13.1. The van der Waals surface area contributed by atoms with E-state index in [4.69, 9.17) is 4.74 Å². The Labute approximate surface area is 130 Å². The van der Waals surface area contributed by atoms with Gasteiger partial charge in [0.1, 0.15) is 5.75 Å². The molecular weight excluding hydrogens is 282 g/mol. The number of anilines is 1. The standard InChI is InChI=1S/C17H21NO4/c1-10-8-14(15(17(20)21)9-11(10)2)16(19)18-12-4-6-13(22-3)7-5-12/h4-7,14-15H,8-9H2,1-3H3,(H,18,19)(H,20,21)/t14-,15-/m0/s1. The number of hydrogen-bond acceptors (Lipinski definition) is 3. The maximum atomic E-state index is 12.5. The van der Waals surface area contributed by atoms with Gasteiger partial charge in [-0.3, -0.25) is 9.59 Å². The Morgan fingerprint density at radius 1 is 1.09 bits per heavy atom. The molecule has 0 radical (unpaired) electrons. The van der Waals surface area contributed by atoms with Crippen LogP contribution in [0.3, 0.4) is 0 Å². The number of allylic oxidation sites excluding steroid dienone is 2. The summed E-state index contributed by atoms with van der Waals surface area (Å²) in [5.74, 6) is -1.66. The molecule has 0 heterocycles. The highest BCUT2D eigenvalue weighted by Crippen LogP contribution is 2.35. The van der Waals surface area contributed by atoms with Crippen LogP contribution in [0, 0.1) is 11.8 Å². The van der Waals surface area contributed by atoms with Crippen molar-refractivity contribution in [2.24, 2.45) is 11.8 Å². The van der Waals surface area contributed by atoms with Crippen molar-refractivity contribution in [3.8, 4) is 5.75 Å². The van der Waals surface area contributed by atoms with Gasteiger partial charge < -0.3 is 15.2 Å². The molecule has 118 valence electrons. The van der Waals surface area contributed by atoms with Gasteiger partial charge in [-0.25, -0.2) is 0 Å². The molecule has 5 heteroatoms. The van der Waals surface area contributed by atoms with E-state index in [0.717, 1.165) is 11.1 Å². The number of carbonyl (C=O) groups excluding carboxylic acids is 1. The van der Waals surface area contributed by atoms with Gasteiger partial charge in [-0.05, 0) is 51.0 Å². The van der Waals surface area contributed by atoms with Gasteiger partial charge in [-0.15, -0.1) is 0 Å². The van der Waals surface area contributed by atoms with Crippen LogP contribution in [0.1, 0.15) is 26.7 Å². The zero-order valence-corrected chi connectivity index (χ0v) is 13.1. The number of carbonyl (C=O) groups is 2. The summed E-state index contributed by atoms with van der Waals surface area (Å²) in [5, 5.41) is 12.2. The van der Waals surface area contributed by atoms with Gasteiger partial charge in [0, 0.05) is 5.69 Å². The minimum atomic E-state index is -0.915. The Morgan fingerprint density at radius 2 is 1.64 bits per heavy atom. The van der Waals surface area contributed by atoms with E-state index in [2.05, 4.69) is 5.32 Å². The van der Waals surface area contributed by atoms with Crippen molar-refractivity contribution in [1.82, 2.24) is 0 Å². The maximum absolute atomic E-state index is 12.5. The Balaban J connectivity index is 2.14. The fourth-order valence-electron chi connectivity index (χ4n) is 2.74. The van der Waals surface area contributed by atoms with Crippen molar-refractivity contribution in [1.29, 1.82) is 0 Å². The molecule has 0 saturated heterocycles. The van der Waals surface area contributed by atoms with Crippen molar-refractivity contribution in [2.45, 2.75) is 26.7 Å². The number of ether oxygens (including phenoxy) is 1. The molecule has 0 aromatic heterocycles. The van der Waals surface area contributed by atoms with Crippen LogP contribution in [-0.2, 0) is 9.59 Å². The average Bonchev–Trinajstić information content (AvgIpc) is 2.50. The monoisotopic (exact) mass is 303 g/mol. The van der Waals surface area contributed by atoms with Gasteiger partial charge in [-0.2, -0.15) is 0 Å². The van der Waals surface area contributed by atoms with Gasteiger partial charge in [0.25, 0.3) is 0 Å². The fraction of sp³-hybridized carbons (Fsp3) is 0.412. The minimum Gasteiger partial charge on any atom is -0.497 e. The molecule has 2 rings (SSSR count). The van der Waals surface area contributed by atoms with Gasteiger partial charge in [0.05, 0.1) is 18.9 Å². The third-order valence-electron chi connectivity index (χ3n) is 4.28. The number of amides is 1. The van der Waals surface area contributed by atoms with Crippen molar-refractivity contribution < 1.29 is 19.4 Å². The maximum Gasteiger partial charge on any atom is 0.307 e. The van der Waals surface area contributed by atoms with E-state index < -0.39 is 17.8 Å². The SMILES string of the molecule is COc1ccc(NC(=O)[C@H]2CC(C)=C(C)C[C@@H]2C(=O)O)cc1. The third-order valence-corrected chi connectivity index (χ3v) is 4.28. The van der Waals surface area contributed by atoms with Crippen LogP contribution in [0.15, 0.2) is 35.4 Å². The molecule has 0 spiro atoms. The second kappa shape index (κ2) is 6.64. The number of methoxy groups -OCH3 is 1. The number of rotatable bonds is 4. The van der Waals surface area contributed by atoms with Crippen LogP contribution >= 0.6 is 0 Å². The highest BCUT2D eigenvalue weighted by molar-refractivity contribution is 5.95. The van der Waals surface area contributed by atoms with Crippen molar-refractivity contribution >= 4 is 17.6 Å². The molecule has 2 atom stereocenters. The number of carboxylic acids is 1. The minimum absolute atomic E-state index is 0.246. The van der Waals surface area contributed by atoms with Crippen LogP contribution in [-0.4, -0.2) is 24.1 Å². The van der Waals surface area contributed by atoms with Crippen molar-refractivity contribution in [3.63, 3.8) is 0 Å². The van der Waals surface area contributed by atoms with Crippen LogP contribution < -0.4 is 10.1 Å². The van der Waals surface area contributed by atoms with E-state index in [1.807, 2.05) is 13.8 Å². The lowest BCUT2D eigenvalue weighted by atomic mass is 9.76. The lowest BCUT2D eigenvalue weighted by Gasteiger charge is -2.29. The van der Waals surface area contributed by atoms with Crippen LogP contribution in [0.4, 0.5) is 5.69 Å². The number of benzene rings is 1. The van der Waals surface area contributed by atoms with Crippen molar-refractivity contribution in [3.05, 3.63) is 35.4 Å². The molecule has 1 aromatic carbocycles. The van der Waals surface area contributed by atoms with Crippen molar-refractivity contribution in [2.75, 3.05) is 12.4 Å². The Morgan fingerprint density at radius 3 is 2.14 bits per heavy atom. The highest BCUT2D eigenvalue weighted by atomic mass is 16.5. The highest BCUT2D eigenvalue weighted by Gasteiger charge is 2.37. The summed E-state index contributed by atoms with van der Waals surface area (Å²) in [6.07, 6.45) is 0.923. The average molecular weight is 303 g/mol. The van der Waals surface area contributed by atoms with Gasteiger partial charge in [-0.1, -0.05) is 11.1 Å². The van der Waals surface area contributed by atoms with Gasteiger partial charge >= 0.3 is 5.97 Å². The predicted octanol–water partition coefficient (Wildman–Crippen LogP) is 3.08. The van der Waals surface area contributed by atoms with E-state index in [9.17, 15) is 14.7 Å². The molecule has 2 N–H and O–H groups in total. The fourth-order valence-corrected chi connectivity index (χ4v) is 2.74. The lowest BCUT2D eigenvalue weighted by Crippen LogP contribution is -2.36. The molecule has 0 aliphatic heterocycles. The Bertz CT molecular complexity index is 604. The first-order valence-electron chi connectivity index (χ1n) is 7.25. The van der Waals surface area contributed by atoms with Gasteiger partial charge in [0.15, 0.2) is 0 Å². The second-order valence-electron chi connectivity index (χ2n) is 5.74. The molecular formula is C17H21NO4. The summed E-state index contributed by atoms with van der Waals surface area (Å²) in [6, 6.07) is 6.98. The summed E-state index contributed by atoms with van der Waals surface area (Å²) in [5.41, 5.74) is 2.81. The summed E-state index contributed by atoms with van der Waals surface area (Å²) >= 11 is 0. The van der Waals surface area contributed by atoms with E-state index in [1.165, 1.54) is 0 Å². The first-order chi connectivity index (χ1) is 10.4. The number of hydrogen-bond donors (Lipinski definition) is 2. The lowest BCUT2D eigenvalue weighted by molar-refractivity contribution is -0.146. The normalized spacial score (nSPS) is 21.4. The van der Waals surface area contributed by atoms with E-state index >= 15 is 0 Å². The molecule has 0 bridgehead atoms. The largest absolute Gasteiger partial charge is 0.497 e. The third kappa shape index (κ3) is 3.47. The molecule has 22 heavy (non-hydrogen) atoms. The molecule has 0 unspecified atom stereocenters. The first kappa shape index (κ1) is 16.1. The number of carboxylic acid groups (broad SMARTS) is 1. The topological polar surface area (TPSA) is 75.6 Å². The van der Waals surface area contributed by atoms with E-state index in [0.29, 0.717) is 24.3 Å². The molecule has 1 aliphatic rings. The first-order valence-corrected chi connectivity index (χ1v) is 7.25. The summed E-state index contributed by atoms with van der Waals surface area (Å²) < 4.78 is 5.07. The van der Waals surface area contributed by atoms with E-state index in [-0.39, 0.29) is 5.91 Å². The smallest absolute Gasteiger partial charge is 0.307 e. The predicted molar refractivity (Wildman–Crippen MR) is 83.8 cm³/mol. The van der Waals surface area contributed by atoms with Gasteiger partial charge in [0.2, 0.25) is 5.91 Å². The molecule has 5 nitrogen and oxygen atoms in total. The summed E-state index contributed by atoms with van der Waals surface area (Å²) in [6.45, 7) is 3.89. The summed E-state index contributed by atoms with van der Waals surface area (Å²) in [7, 11) is 1.57. The molecule has 1 aliphatic carbocycles. The van der Waals surface area contributed by atoms with Crippen LogP contribution in [0.5, 0.6) is 5.75 Å². The molecule has 0 fully saturated rings. The Hall–Kier alpha value is -2.30. The number of nitrogens with one attached hydrogen (secondary N) is 1. The molecule has 1 amide bonds. The quantitative estimate of drug-likeness (QED) is 0.838. The zero-order chi connectivity index (χ0) is 16.3.